The van der Waals surface area contributed by atoms with E-state index >= 15 is 0 Å². The Morgan fingerprint density at radius 2 is 1.85 bits per heavy atom. The Morgan fingerprint density at radius 3 is 2.58 bits per heavy atom. The van der Waals surface area contributed by atoms with Gasteiger partial charge in [0.25, 0.3) is 5.91 Å². The molecule has 5 aromatic rings. The van der Waals surface area contributed by atoms with Crippen molar-refractivity contribution in [3.63, 3.8) is 0 Å². The summed E-state index contributed by atoms with van der Waals surface area (Å²) in [6.07, 6.45) is 8.01. The van der Waals surface area contributed by atoms with Crippen LogP contribution in [-0.4, -0.2) is 62.3 Å². The topological polar surface area (TPSA) is 142 Å². The number of carbonyl (C=O) groups excluding carboxylic acids is 1. The second-order valence-electron chi connectivity index (χ2n) is 9.37. The molecular weight excluding hydrogens is 552 g/mol. The summed E-state index contributed by atoms with van der Waals surface area (Å²) in [5.41, 5.74) is 3.70. The summed E-state index contributed by atoms with van der Waals surface area (Å²) < 4.78 is 18.3. The average molecular weight is 579 g/mol. The molecule has 0 radical (unpaired) electrons. The number of fused-ring (bicyclic) bond motifs is 1. The molecule has 0 aliphatic carbocycles. The van der Waals surface area contributed by atoms with Gasteiger partial charge in [-0.25, -0.2) is 27.7 Å². The van der Waals surface area contributed by atoms with Crippen LogP contribution >= 0.6 is 11.6 Å². The monoisotopic (exact) mass is 578 g/mol. The van der Waals surface area contributed by atoms with Gasteiger partial charge >= 0.3 is 0 Å². The summed E-state index contributed by atoms with van der Waals surface area (Å²) in [5.74, 6) is 0.403. The molecule has 1 aliphatic rings. The summed E-state index contributed by atoms with van der Waals surface area (Å²) in [7, 11) is -1.30. The first-order chi connectivity index (χ1) is 19.0. The van der Waals surface area contributed by atoms with Crippen molar-refractivity contribution >= 4 is 40.0 Å². The number of nitrogens with one attached hydrogen (secondary N) is 1. The molecule has 3 N–H and O–H groups in total. The van der Waals surface area contributed by atoms with Crippen LogP contribution in [0.5, 0.6) is 0 Å². The van der Waals surface area contributed by atoms with Gasteiger partial charge in [0.1, 0.15) is 27.5 Å². The number of anilines is 1. The molecule has 1 fully saturated rings. The molecule has 1 aromatic carbocycles. The van der Waals surface area contributed by atoms with Crippen LogP contribution in [0.3, 0.4) is 0 Å². The molecule has 0 bridgehead atoms. The Labute approximate surface area is 237 Å². The maximum Gasteiger partial charge on any atom is 0.262 e. The molecule has 1 amide bonds. The Kier molecular flexibility index (Phi) is 8.03. The van der Waals surface area contributed by atoms with Crippen molar-refractivity contribution in [2.24, 2.45) is 0 Å². The van der Waals surface area contributed by atoms with E-state index in [1.807, 2.05) is 41.6 Å². The predicted molar refractivity (Wildman–Crippen MR) is 152 cm³/mol. The van der Waals surface area contributed by atoms with Gasteiger partial charge in [0.15, 0.2) is 5.65 Å². The number of pyridine rings is 1. The first kappa shape index (κ1) is 27.6. The van der Waals surface area contributed by atoms with Gasteiger partial charge in [-0.1, -0.05) is 29.3 Å². The van der Waals surface area contributed by atoms with E-state index in [4.69, 9.17) is 16.7 Å². The smallest absolute Gasteiger partial charge is 0.262 e. The van der Waals surface area contributed by atoms with Crippen LogP contribution in [0.1, 0.15) is 40.4 Å². The number of aromatic nitrogens is 6. The molecule has 1 aliphatic heterocycles. The summed E-state index contributed by atoms with van der Waals surface area (Å²) >= 11 is 5.88. The van der Waals surface area contributed by atoms with E-state index < -0.39 is 11.0 Å². The van der Waals surface area contributed by atoms with E-state index in [0.717, 1.165) is 29.8 Å². The van der Waals surface area contributed by atoms with Crippen LogP contribution in [0.15, 0.2) is 78.2 Å². The van der Waals surface area contributed by atoms with E-state index in [1.54, 1.807) is 46.0 Å². The number of halogens is 1. The molecule has 11 nitrogen and oxygen atoms in total. The molecule has 5 heterocycles. The number of hydrogen-bond acceptors (Lipinski definition) is 6. The standard InChI is InChI=1S/C27H25ClN8O2S.H2O/c1-18-3-5-20(6-4-18)36-25(32-27(37)22-17-31-35-12-2-11-29-26(22)35)15-23(33-36)19-9-13-34(14-10-19)39(38)21-7-8-24(28)30-16-21;/h2-8,11-12,15-17,19H,9-10,13-14H2,1H3,(H,32,37);1H2. The minimum Gasteiger partial charge on any atom is -0.412 e. The van der Waals surface area contributed by atoms with E-state index in [2.05, 4.69) is 20.4 Å². The van der Waals surface area contributed by atoms with Crippen LogP contribution < -0.4 is 5.32 Å². The lowest BCUT2D eigenvalue weighted by Gasteiger charge is -2.29. The molecule has 1 unspecified atom stereocenters. The number of aryl methyl sites for hydroxylation is 1. The zero-order valence-corrected chi connectivity index (χ0v) is 23.1. The lowest BCUT2D eigenvalue weighted by molar-refractivity contribution is 0.102. The number of piperidine rings is 1. The number of hydrogen-bond donors (Lipinski definition) is 1. The van der Waals surface area contributed by atoms with Crippen LogP contribution in [0.25, 0.3) is 11.3 Å². The van der Waals surface area contributed by atoms with Crippen LogP contribution in [0.4, 0.5) is 5.82 Å². The fourth-order valence-electron chi connectivity index (χ4n) is 4.67. The molecule has 0 saturated carbocycles. The SMILES string of the molecule is Cc1ccc(-n2nc(C3CCN(S(=O)c4ccc(Cl)nc4)CC3)cc2NC(=O)c2cnn3cccnc23)cc1.O. The molecule has 1 atom stereocenters. The third kappa shape index (κ3) is 5.52. The maximum absolute atomic E-state index is 13.3. The summed E-state index contributed by atoms with van der Waals surface area (Å²) in [5, 5.41) is 12.5. The third-order valence-electron chi connectivity index (χ3n) is 6.78. The largest absolute Gasteiger partial charge is 0.412 e. The molecule has 1 saturated heterocycles. The number of benzene rings is 1. The Balaban J connectivity index is 0.00000323. The van der Waals surface area contributed by atoms with E-state index in [-0.39, 0.29) is 17.3 Å². The van der Waals surface area contributed by atoms with Crippen LogP contribution in [-0.2, 0) is 11.0 Å². The molecule has 206 valence electrons. The van der Waals surface area contributed by atoms with Crippen LogP contribution in [0, 0.1) is 6.92 Å². The molecule has 13 heteroatoms. The normalized spacial score (nSPS) is 15.1. The minimum absolute atomic E-state index is 0. The van der Waals surface area contributed by atoms with Crippen molar-refractivity contribution in [3.05, 3.63) is 95.3 Å². The first-order valence-corrected chi connectivity index (χ1v) is 14.0. The number of carbonyl (C=O) groups is 1. The van der Waals surface area contributed by atoms with Crippen molar-refractivity contribution in [3.8, 4) is 5.69 Å². The predicted octanol–water partition coefficient (Wildman–Crippen LogP) is 3.60. The van der Waals surface area contributed by atoms with Gasteiger partial charge in [-0.3, -0.25) is 4.79 Å². The van der Waals surface area contributed by atoms with E-state index in [0.29, 0.717) is 40.2 Å². The molecule has 0 spiro atoms. The highest BCUT2D eigenvalue weighted by Crippen LogP contribution is 2.32. The average Bonchev–Trinajstić information content (AvgIpc) is 3.58. The van der Waals surface area contributed by atoms with Crippen molar-refractivity contribution in [2.45, 2.75) is 30.6 Å². The van der Waals surface area contributed by atoms with Crippen molar-refractivity contribution in [2.75, 3.05) is 18.4 Å². The fourth-order valence-corrected chi connectivity index (χ4v) is 5.95. The fraction of sp³-hybridized carbons (Fsp3) is 0.222. The van der Waals surface area contributed by atoms with Gasteiger partial charge < -0.3 is 10.8 Å². The first-order valence-electron chi connectivity index (χ1n) is 12.5. The van der Waals surface area contributed by atoms with Crippen LogP contribution in [0.2, 0.25) is 5.15 Å². The second kappa shape index (κ2) is 11.6. The van der Waals surface area contributed by atoms with Crippen molar-refractivity contribution in [1.82, 2.24) is 33.7 Å². The van der Waals surface area contributed by atoms with E-state index in [1.165, 1.54) is 6.20 Å². The van der Waals surface area contributed by atoms with Crippen molar-refractivity contribution < 1.29 is 14.5 Å². The number of rotatable bonds is 6. The Bertz CT molecular complexity index is 1660. The summed E-state index contributed by atoms with van der Waals surface area (Å²) in [4.78, 5) is 22.3. The van der Waals surface area contributed by atoms with Gasteiger partial charge in [0, 0.05) is 43.7 Å². The number of nitrogens with zero attached hydrogens (tertiary/aromatic N) is 7. The zero-order chi connectivity index (χ0) is 26.9. The highest BCUT2D eigenvalue weighted by molar-refractivity contribution is 7.82. The van der Waals surface area contributed by atoms with Gasteiger partial charge in [-0.2, -0.15) is 10.2 Å². The van der Waals surface area contributed by atoms with Gasteiger partial charge in [-0.05, 0) is 50.1 Å². The van der Waals surface area contributed by atoms with E-state index in [9.17, 15) is 9.00 Å². The molecule has 40 heavy (non-hydrogen) atoms. The zero-order valence-electron chi connectivity index (χ0n) is 21.6. The summed E-state index contributed by atoms with van der Waals surface area (Å²) in [6, 6.07) is 15.1. The van der Waals surface area contributed by atoms with Crippen molar-refractivity contribution in [1.29, 1.82) is 0 Å². The molecule has 4 aromatic heterocycles. The maximum atomic E-state index is 13.3. The Morgan fingerprint density at radius 1 is 1.07 bits per heavy atom. The van der Waals surface area contributed by atoms with Gasteiger partial charge in [0.05, 0.1) is 22.5 Å². The third-order valence-corrected chi connectivity index (χ3v) is 8.48. The quantitative estimate of drug-likeness (QED) is 0.305. The molecule has 6 rings (SSSR count). The highest BCUT2D eigenvalue weighted by Gasteiger charge is 2.28. The highest BCUT2D eigenvalue weighted by atomic mass is 35.5. The number of amides is 1. The Hall–Kier alpha value is -3.97. The van der Waals surface area contributed by atoms with Gasteiger partial charge in [0.2, 0.25) is 0 Å². The summed E-state index contributed by atoms with van der Waals surface area (Å²) in [6.45, 7) is 3.32. The second-order valence-corrected chi connectivity index (χ2v) is 11.2. The lowest BCUT2D eigenvalue weighted by atomic mass is 9.95. The minimum atomic E-state index is -1.30. The lowest BCUT2D eigenvalue weighted by Crippen LogP contribution is -2.34. The molecular formula is C27H27ClN8O3S. The van der Waals surface area contributed by atoms with Gasteiger partial charge in [-0.15, -0.1) is 0 Å².